The number of nitrogens with two attached hydrogens (primary N) is 1. The second kappa shape index (κ2) is 5.54. The highest BCUT2D eigenvalue weighted by Crippen LogP contribution is 2.32. The fraction of sp³-hybridized carbons (Fsp3) is 0.333. The van der Waals surface area contributed by atoms with Crippen molar-refractivity contribution in [2.24, 2.45) is 0 Å². The van der Waals surface area contributed by atoms with Gasteiger partial charge in [-0.1, -0.05) is 0 Å². The molecule has 96 valence electrons. The zero-order chi connectivity index (χ0) is 13.1. The highest BCUT2D eigenvalue weighted by atomic mass is 79.9. The van der Waals surface area contributed by atoms with Gasteiger partial charge in [0.2, 0.25) is 0 Å². The Morgan fingerprint density at radius 1 is 1.24 bits per heavy atom. The molecular formula is C9H8BrF4NO2. The van der Waals surface area contributed by atoms with Crippen LogP contribution >= 0.6 is 15.9 Å². The summed E-state index contributed by atoms with van der Waals surface area (Å²) in [6.45, 7) is -1.03. The summed E-state index contributed by atoms with van der Waals surface area (Å²) in [5, 5.41) is 0. The van der Waals surface area contributed by atoms with Crippen LogP contribution in [0, 0.1) is 5.82 Å². The average Bonchev–Trinajstić information content (AvgIpc) is 2.13. The molecular weight excluding hydrogens is 310 g/mol. The Hall–Kier alpha value is -1.02. The van der Waals surface area contributed by atoms with Crippen molar-refractivity contribution >= 4 is 21.6 Å². The van der Waals surface area contributed by atoms with E-state index in [0.717, 1.165) is 12.1 Å². The van der Waals surface area contributed by atoms with E-state index in [1.54, 1.807) is 0 Å². The van der Waals surface area contributed by atoms with Crippen molar-refractivity contribution in [1.82, 2.24) is 0 Å². The molecule has 0 saturated carbocycles. The molecule has 0 atom stereocenters. The van der Waals surface area contributed by atoms with Gasteiger partial charge in [0, 0.05) is 6.07 Å². The SMILES string of the molecule is Nc1cc(F)cc(Br)c1OCCOC(F)(F)F. The highest BCUT2D eigenvalue weighted by Gasteiger charge is 2.28. The largest absolute Gasteiger partial charge is 0.522 e. The van der Waals surface area contributed by atoms with E-state index < -0.39 is 18.8 Å². The van der Waals surface area contributed by atoms with Crippen LogP contribution in [0.4, 0.5) is 23.2 Å². The molecule has 2 N–H and O–H groups in total. The van der Waals surface area contributed by atoms with Crippen LogP contribution in [0.1, 0.15) is 0 Å². The predicted octanol–water partition coefficient (Wildman–Crippen LogP) is 3.09. The molecule has 1 aromatic rings. The van der Waals surface area contributed by atoms with Crippen LogP contribution in [0.25, 0.3) is 0 Å². The minimum absolute atomic E-state index is 0.0103. The summed E-state index contributed by atoms with van der Waals surface area (Å²) in [5.41, 5.74) is 5.42. The number of anilines is 1. The van der Waals surface area contributed by atoms with Crippen LogP contribution < -0.4 is 10.5 Å². The molecule has 8 heteroatoms. The summed E-state index contributed by atoms with van der Waals surface area (Å²) in [6, 6.07) is 2.10. The minimum Gasteiger partial charge on any atom is -0.488 e. The molecule has 17 heavy (non-hydrogen) atoms. The lowest BCUT2D eigenvalue weighted by molar-refractivity contribution is -0.325. The molecule has 1 aromatic carbocycles. The summed E-state index contributed by atoms with van der Waals surface area (Å²) in [6.07, 6.45) is -4.70. The van der Waals surface area contributed by atoms with Crippen molar-refractivity contribution in [3.63, 3.8) is 0 Å². The standard InChI is InChI=1S/C9H8BrF4NO2/c10-6-3-5(11)4-7(15)8(6)16-1-2-17-9(12,13)14/h3-4H,1-2,15H2. The predicted molar refractivity (Wildman–Crippen MR) is 56.0 cm³/mol. The normalized spacial score (nSPS) is 11.6. The van der Waals surface area contributed by atoms with Crippen LogP contribution in [-0.4, -0.2) is 19.6 Å². The number of halogens is 5. The molecule has 0 aliphatic rings. The Morgan fingerprint density at radius 3 is 2.41 bits per heavy atom. The Morgan fingerprint density at radius 2 is 1.88 bits per heavy atom. The van der Waals surface area contributed by atoms with E-state index >= 15 is 0 Å². The summed E-state index contributed by atoms with van der Waals surface area (Å²) in [7, 11) is 0. The van der Waals surface area contributed by atoms with Gasteiger partial charge in [-0.3, -0.25) is 4.74 Å². The molecule has 0 amide bonds. The number of nitrogen functional groups attached to an aromatic ring is 1. The number of hydrogen-bond donors (Lipinski definition) is 1. The first-order valence-corrected chi connectivity index (χ1v) is 5.17. The van der Waals surface area contributed by atoms with Crippen molar-refractivity contribution in [1.29, 1.82) is 0 Å². The maximum absolute atomic E-state index is 12.8. The van der Waals surface area contributed by atoms with E-state index in [-0.39, 0.29) is 22.5 Å². The van der Waals surface area contributed by atoms with E-state index in [2.05, 4.69) is 20.7 Å². The van der Waals surface area contributed by atoms with Gasteiger partial charge in [-0.15, -0.1) is 13.2 Å². The maximum atomic E-state index is 12.8. The Labute approximate surface area is 103 Å². The Bertz CT molecular complexity index is 374. The van der Waals surface area contributed by atoms with E-state index in [1.165, 1.54) is 0 Å². The highest BCUT2D eigenvalue weighted by molar-refractivity contribution is 9.10. The molecule has 0 aliphatic heterocycles. The first kappa shape index (κ1) is 14.0. The van der Waals surface area contributed by atoms with Crippen LogP contribution in [0.5, 0.6) is 5.75 Å². The van der Waals surface area contributed by atoms with E-state index in [1.807, 2.05) is 0 Å². The lowest BCUT2D eigenvalue weighted by Crippen LogP contribution is -2.18. The smallest absolute Gasteiger partial charge is 0.488 e. The van der Waals surface area contributed by atoms with Crippen LogP contribution in [0.3, 0.4) is 0 Å². The number of hydrogen-bond acceptors (Lipinski definition) is 3. The second-order valence-electron chi connectivity index (χ2n) is 2.95. The number of benzene rings is 1. The van der Waals surface area contributed by atoms with Crippen molar-refractivity contribution in [3.05, 3.63) is 22.4 Å². The molecule has 0 radical (unpaired) electrons. The van der Waals surface area contributed by atoms with Gasteiger partial charge < -0.3 is 10.5 Å². The van der Waals surface area contributed by atoms with E-state index in [9.17, 15) is 17.6 Å². The Kier molecular flexibility index (Phi) is 4.58. The van der Waals surface area contributed by atoms with Crippen LogP contribution in [0.2, 0.25) is 0 Å². The summed E-state index contributed by atoms with van der Waals surface area (Å²) in [5.74, 6) is -0.495. The van der Waals surface area contributed by atoms with Gasteiger partial charge in [-0.05, 0) is 22.0 Å². The van der Waals surface area contributed by atoms with E-state index in [0.29, 0.717) is 0 Å². The lowest BCUT2D eigenvalue weighted by Gasteiger charge is -2.12. The van der Waals surface area contributed by atoms with Gasteiger partial charge in [-0.2, -0.15) is 0 Å². The average molecular weight is 318 g/mol. The molecule has 0 saturated heterocycles. The van der Waals surface area contributed by atoms with Gasteiger partial charge >= 0.3 is 6.36 Å². The molecule has 0 heterocycles. The Balaban J connectivity index is 2.53. The molecule has 0 unspecified atom stereocenters. The first-order valence-electron chi connectivity index (χ1n) is 4.37. The molecule has 0 spiro atoms. The third-order valence-corrected chi connectivity index (χ3v) is 2.22. The van der Waals surface area contributed by atoms with Gasteiger partial charge in [0.05, 0.1) is 16.8 Å². The third-order valence-electron chi connectivity index (χ3n) is 1.63. The van der Waals surface area contributed by atoms with Gasteiger partial charge in [0.15, 0.2) is 5.75 Å². The summed E-state index contributed by atoms with van der Waals surface area (Å²) in [4.78, 5) is 0. The number of alkyl halides is 3. The topological polar surface area (TPSA) is 44.5 Å². The van der Waals surface area contributed by atoms with Gasteiger partial charge in [0.25, 0.3) is 0 Å². The molecule has 0 aromatic heterocycles. The number of ether oxygens (including phenoxy) is 2. The maximum Gasteiger partial charge on any atom is 0.522 e. The quantitative estimate of drug-likeness (QED) is 0.527. The third kappa shape index (κ3) is 4.78. The monoisotopic (exact) mass is 317 g/mol. The molecule has 0 bridgehead atoms. The van der Waals surface area contributed by atoms with Crippen molar-refractivity contribution in [2.45, 2.75) is 6.36 Å². The molecule has 3 nitrogen and oxygen atoms in total. The molecule has 0 fully saturated rings. The van der Waals surface area contributed by atoms with Gasteiger partial charge in [0.1, 0.15) is 12.4 Å². The van der Waals surface area contributed by atoms with Crippen molar-refractivity contribution in [2.75, 3.05) is 18.9 Å². The summed E-state index contributed by atoms with van der Waals surface area (Å²) >= 11 is 2.98. The van der Waals surface area contributed by atoms with Crippen molar-refractivity contribution in [3.8, 4) is 5.75 Å². The second-order valence-corrected chi connectivity index (χ2v) is 3.80. The van der Waals surface area contributed by atoms with Gasteiger partial charge in [-0.25, -0.2) is 4.39 Å². The lowest BCUT2D eigenvalue weighted by atomic mass is 10.3. The van der Waals surface area contributed by atoms with Crippen LogP contribution in [0.15, 0.2) is 16.6 Å². The summed E-state index contributed by atoms with van der Waals surface area (Å²) < 4.78 is 56.4. The number of rotatable bonds is 4. The minimum atomic E-state index is -4.70. The fourth-order valence-corrected chi connectivity index (χ4v) is 1.60. The zero-order valence-electron chi connectivity index (χ0n) is 8.35. The molecule has 1 rings (SSSR count). The first-order chi connectivity index (χ1) is 7.79. The van der Waals surface area contributed by atoms with E-state index in [4.69, 9.17) is 10.5 Å². The zero-order valence-corrected chi connectivity index (χ0v) is 9.94. The van der Waals surface area contributed by atoms with Crippen molar-refractivity contribution < 1.29 is 27.0 Å². The van der Waals surface area contributed by atoms with Crippen LogP contribution in [-0.2, 0) is 4.74 Å². The fourth-order valence-electron chi connectivity index (χ4n) is 1.03. The molecule has 0 aliphatic carbocycles.